The lowest BCUT2D eigenvalue weighted by Crippen LogP contribution is -2.23. The Morgan fingerprint density at radius 1 is 0.600 bits per heavy atom. The Bertz CT molecular complexity index is 804. The second-order valence-electron chi connectivity index (χ2n) is 8.27. The molecule has 7 rings (SSSR count). The first-order chi connectivity index (χ1) is 12.1. The van der Waals surface area contributed by atoms with E-state index in [1.54, 1.807) is 33.4 Å². The summed E-state index contributed by atoms with van der Waals surface area (Å²) in [4.78, 5) is 0. The number of halogens is 2. The third kappa shape index (κ3) is 1.96. The molecule has 0 unspecified atom stereocenters. The third-order valence-corrected chi connectivity index (χ3v) is 8.31. The molecule has 0 nitrogen and oxygen atoms in total. The minimum Gasteiger partial charge on any atom is -0.101 e. The van der Waals surface area contributed by atoms with Crippen LogP contribution in [0.5, 0.6) is 0 Å². The molecule has 0 heterocycles. The van der Waals surface area contributed by atoms with Crippen molar-refractivity contribution in [3.05, 3.63) is 81.9 Å². The molecule has 1 fully saturated rings. The smallest absolute Gasteiger partial charge is 0.101 e. The Morgan fingerprint density at radius 3 is 1.32 bits per heavy atom. The zero-order chi connectivity index (χ0) is 16.8. The highest BCUT2D eigenvalue weighted by atomic mass is 35.5. The molecule has 0 aliphatic heterocycles. The van der Waals surface area contributed by atoms with Crippen molar-refractivity contribution in [2.45, 2.75) is 41.9 Å². The topological polar surface area (TPSA) is 0 Å². The van der Waals surface area contributed by atoms with Gasteiger partial charge in [0.2, 0.25) is 0 Å². The van der Waals surface area contributed by atoms with Gasteiger partial charge in [-0.3, -0.25) is 0 Å². The standard InChI is InChI=1S/C23H20Cl2/c24-23(25)21-11-13-9-19-15-5-1-2-6-16(15)20(10-14(13)12-22(21)23)18-8-4-3-7-17(18)19/h1-8,19-22H,9-12H2/t19?,20?,21-,22+. The maximum Gasteiger partial charge on any atom is 0.125 e. The van der Waals surface area contributed by atoms with Gasteiger partial charge >= 0.3 is 0 Å². The van der Waals surface area contributed by atoms with Crippen molar-refractivity contribution in [2.24, 2.45) is 11.8 Å². The Kier molecular flexibility index (Phi) is 2.93. The third-order valence-electron chi connectivity index (χ3n) is 7.19. The van der Waals surface area contributed by atoms with Crippen molar-refractivity contribution in [1.82, 2.24) is 0 Å². The summed E-state index contributed by atoms with van der Waals surface area (Å²) in [5.41, 5.74) is 9.47. The van der Waals surface area contributed by atoms with Crippen LogP contribution in [0.25, 0.3) is 0 Å². The first kappa shape index (κ1) is 14.9. The van der Waals surface area contributed by atoms with E-state index in [1.807, 2.05) is 0 Å². The van der Waals surface area contributed by atoms with Gasteiger partial charge < -0.3 is 0 Å². The van der Waals surface area contributed by atoms with Crippen LogP contribution in [0.4, 0.5) is 0 Å². The predicted octanol–water partition coefficient (Wildman–Crippen LogP) is 6.57. The first-order valence-electron chi connectivity index (χ1n) is 9.40. The van der Waals surface area contributed by atoms with Crippen LogP contribution in [-0.4, -0.2) is 4.33 Å². The minimum absolute atomic E-state index is 0.472. The number of rotatable bonds is 0. The van der Waals surface area contributed by atoms with Crippen LogP contribution in [-0.2, 0) is 0 Å². The molecule has 2 heteroatoms. The van der Waals surface area contributed by atoms with E-state index in [1.165, 1.54) is 0 Å². The van der Waals surface area contributed by atoms with Gasteiger partial charge in [-0.1, -0.05) is 59.7 Å². The number of hydrogen-bond acceptors (Lipinski definition) is 0. The van der Waals surface area contributed by atoms with Gasteiger partial charge in [-0.2, -0.15) is 0 Å². The summed E-state index contributed by atoms with van der Waals surface area (Å²) in [5, 5.41) is 0. The second-order valence-corrected chi connectivity index (χ2v) is 9.72. The molecule has 2 bridgehead atoms. The van der Waals surface area contributed by atoms with Gasteiger partial charge in [0.05, 0.1) is 0 Å². The minimum atomic E-state index is -0.472. The number of fused-ring (bicyclic) bond motifs is 1. The van der Waals surface area contributed by atoms with Crippen molar-refractivity contribution in [3.8, 4) is 0 Å². The Balaban J connectivity index is 1.52. The van der Waals surface area contributed by atoms with E-state index in [0.717, 1.165) is 25.7 Å². The molecular formula is C23H20Cl2. The number of benzene rings is 2. The number of allylic oxidation sites excluding steroid dienone is 2. The highest BCUT2D eigenvalue weighted by Crippen LogP contribution is 2.68. The molecule has 0 amide bonds. The summed E-state index contributed by atoms with van der Waals surface area (Å²) in [7, 11) is 0. The van der Waals surface area contributed by atoms with Crippen molar-refractivity contribution >= 4 is 23.2 Å². The zero-order valence-electron chi connectivity index (χ0n) is 14.0. The van der Waals surface area contributed by atoms with E-state index >= 15 is 0 Å². The first-order valence-corrected chi connectivity index (χ1v) is 10.2. The lowest BCUT2D eigenvalue weighted by molar-refractivity contribution is 0.544. The van der Waals surface area contributed by atoms with Gasteiger partial charge in [-0.05, 0) is 47.9 Å². The van der Waals surface area contributed by atoms with Crippen LogP contribution >= 0.6 is 23.2 Å². The van der Waals surface area contributed by atoms with E-state index in [-0.39, 0.29) is 0 Å². The maximum atomic E-state index is 6.57. The lowest BCUT2D eigenvalue weighted by Gasteiger charge is -2.39. The van der Waals surface area contributed by atoms with Crippen molar-refractivity contribution < 1.29 is 0 Å². The molecular weight excluding hydrogens is 347 g/mol. The summed E-state index contributed by atoms with van der Waals surface area (Å²) in [6, 6.07) is 18.2. The molecule has 2 atom stereocenters. The van der Waals surface area contributed by atoms with E-state index in [4.69, 9.17) is 23.2 Å². The van der Waals surface area contributed by atoms with Crippen LogP contribution in [0.2, 0.25) is 0 Å². The Morgan fingerprint density at radius 2 is 0.960 bits per heavy atom. The summed E-state index contributed by atoms with van der Waals surface area (Å²) in [5.74, 6) is 1.95. The highest BCUT2D eigenvalue weighted by molar-refractivity contribution is 6.51. The van der Waals surface area contributed by atoms with E-state index < -0.39 is 4.33 Å². The van der Waals surface area contributed by atoms with Gasteiger partial charge in [0, 0.05) is 23.7 Å². The fourth-order valence-electron chi connectivity index (χ4n) is 5.85. The van der Waals surface area contributed by atoms with Crippen LogP contribution in [0, 0.1) is 11.8 Å². The molecule has 1 saturated carbocycles. The zero-order valence-corrected chi connectivity index (χ0v) is 15.5. The SMILES string of the molecule is ClC1(Cl)[C@@H]2CC3=C(CC4c5ccccc5C(C3)c3ccccc34)C[C@@H]21. The normalized spacial score (nSPS) is 33.5. The number of hydrogen-bond donors (Lipinski definition) is 0. The predicted molar refractivity (Wildman–Crippen MR) is 103 cm³/mol. The van der Waals surface area contributed by atoms with Crippen LogP contribution in [0.3, 0.4) is 0 Å². The van der Waals surface area contributed by atoms with Crippen LogP contribution in [0.15, 0.2) is 59.7 Å². The molecule has 0 saturated heterocycles. The van der Waals surface area contributed by atoms with E-state index in [9.17, 15) is 0 Å². The Hall–Kier alpha value is -1.24. The lowest BCUT2D eigenvalue weighted by atomic mass is 9.65. The Labute approximate surface area is 158 Å². The van der Waals surface area contributed by atoms with Gasteiger partial charge in [-0.15, -0.1) is 23.2 Å². The van der Waals surface area contributed by atoms with Crippen LogP contribution < -0.4 is 0 Å². The molecule has 0 spiro atoms. The summed E-state index contributed by atoms with van der Waals surface area (Å²) >= 11 is 13.1. The van der Waals surface area contributed by atoms with E-state index in [2.05, 4.69) is 48.5 Å². The second kappa shape index (κ2) is 4.93. The molecule has 126 valence electrons. The molecule has 5 aliphatic carbocycles. The molecule has 2 aromatic rings. The summed E-state index contributed by atoms with van der Waals surface area (Å²) < 4.78 is -0.472. The molecule has 25 heavy (non-hydrogen) atoms. The van der Waals surface area contributed by atoms with Gasteiger partial charge in [0.1, 0.15) is 4.33 Å². The summed E-state index contributed by atoms with van der Waals surface area (Å²) in [6.45, 7) is 0. The fourth-order valence-corrected chi connectivity index (χ4v) is 6.64. The molecule has 5 aliphatic rings. The van der Waals surface area contributed by atoms with Crippen LogP contribution in [0.1, 0.15) is 59.8 Å². The monoisotopic (exact) mass is 366 g/mol. The quantitative estimate of drug-likeness (QED) is 0.365. The highest BCUT2D eigenvalue weighted by Gasteiger charge is 2.64. The van der Waals surface area contributed by atoms with Crippen molar-refractivity contribution in [1.29, 1.82) is 0 Å². The largest absolute Gasteiger partial charge is 0.125 e. The summed E-state index contributed by atoms with van der Waals surface area (Å²) in [6.07, 6.45) is 4.51. The molecule has 0 aromatic heterocycles. The van der Waals surface area contributed by atoms with Crippen molar-refractivity contribution in [3.63, 3.8) is 0 Å². The fraction of sp³-hybridized carbons (Fsp3) is 0.391. The molecule has 0 N–H and O–H groups in total. The van der Waals surface area contributed by atoms with Gasteiger partial charge in [0.25, 0.3) is 0 Å². The number of alkyl halides is 2. The van der Waals surface area contributed by atoms with Crippen molar-refractivity contribution in [2.75, 3.05) is 0 Å². The van der Waals surface area contributed by atoms with Gasteiger partial charge in [0.15, 0.2) is 0 Å². The maximum absolute atomic E-state index is 6.57. The molecule has 0 radical (unpaired) electrons. The average molecular weight is 367 g/mol. The average Bonchev–Trinajstić information content (AvgIpc) is 3.14. The van der Waals surface area contributed by atoms with E-state index in [0.29, 0.717) is 23.7 Å². The molecule has 2 aromatic carbocycles. The van der Waals surface area contributed by atoms with Gasteiger partial charge in [-0.25, -0.2) is 0 Å².